The summed E-state index contributed by atoms with van der Waals surface area (Å²) >= 11 is 0. The molecule has 0 heterocycles. The Bertz CT molecular complexity index is 766. The van der Waals surface area contributed by atoms with Crippen LogP contribution in [0.2, 0.25) is 0 Å². The van der Waals surface area contributed by atoms with Gasteiger partial charge in [-0.2, -0.15) is 13.2 Å². The summed E-state index contributed by atoms with van der Waals surface area (Å²) in [6.45, 7) is -0.252. The molecule has 3 N–H and O–H groups in total. The summed E-state index contributed by atoms with van der Waals surface area (Å²) < 4.78 is 70.2. The van der Waals surface area contributed by atoms with Crippen molar-refractivity contribution in [1.82, 2.24) is 4.90 Å². The van der Waals surface area contributed by atoms with Crippen molar-refractivity contribution in [3.8, 4) is 0 Å². The minimum atomic E-state index is -4.88. The van der Waals surface area contributed by atoms with Crippen LogP contribution in [-0.4, -0.2) is 42.0 Å². The van der Waals surface area contributed by atoms with Gasteiger partial charge in [0.05, 0.1) is 6.10 Å². The second-order valence-corrected chi connectivity index (χ2v) is 6.89. The first-order valence-electron chi connectivity index (χ1n) is 8.93. The van der Waals surface area contributed by atoms with E-state index in [1.54, 1.807) is 7.11 Å². The van der Waals surface area contributed by atoms with Gasteiger partial charge < -0.3 is 15.4 Å². The topological polar surface area (TPSA) is 79.4 Å². The van der Waals surface area contributed by atoms with Crippen LogP contribution in [0.1, 0.15) is 31.2 Å². The number of nitrogens with one attached hydrogen (secondary N) is 1. The highest BCUT2D eigenvalue weighted by Gasteiger charge is 2.34. The lowest BCUT2D eigenvalue weighted by atomic mass is 9.91. The molecule has 0 saturated heterocycles. The SMILES string of the molecule is COC1CCC(N(Cc2cc(F)cc(F)c2)C(=O)C(=N)C=C(N)C(F)(F)F)CC1. The van der Waals surface area contributed by atoms with E-state index in [9.17, 15) is 26.7 Å². The Hall–Kier alpha value is -2.49. The number of nitrogens with two attached hydrogens (primary N) is 1. The third kappa shape index (κ3) is 6.25. The second kappa shape index (κ2) is 9.34. The highest BCUT2D eigenvalue weighted by molar-refractivity contribution is 6.42. The molecule has 1 aromatic rings. The summed E-state index contributed by atoms with van der Waals surface area (Å²) in [5.41, 5.74) is 2.51. The summed E-state index contributed by atoms with van der Waals surface area (Å²) in [6.07, 6.45) is -2.45. The van der Waals surface area contributed by atoms with E-state index in [4.69, 9.17) is 15.9 Å². The first kappa shape index (κ1) is 22.8. The van der Waals surface area contributed by atoms with Gasteiger partial charge in [0.1, 0.15) is 23.0 Å². The number of hydrogen-bond donors (Lipinski definition) is 2. The number of alkyl halides is 3. The maximum Gasteiger partial charge on any atom is 0.430 e. The van der Waals surface area contributed by atoms with Gasteiger partial charge in [-0.05, 0) is 49.5 Å². The smallest absolute Gasteiger partial charge is 0.395 e. The van der Waals surface area contributed by atoms with Gasteiger partial charge in [0.25, 0.3) is 5.91 Å². The van der Waals surface area contributed by atoms with Crippen LogP contribution < -0.4 is 5.73 Å². The average molecular weight is 419 g/mol. The van der Waals surface area contributed by atoms with E-state index in [1.165, 1.54) is 4.90 Å². The number of hydrogen-bond acceptors (Lipinski definition) is 4. The van der Waals surface area contributed by atoms with E-state index in [0.717, 1.165) is 12.1 Å². The van der Waals surface area contributed by atoms with Gasteiger partial charge in [-0.1, -0.05) is 0 Å². The summed E-state index contributed by atoms with van der Waals surface area (Å²) in [7, 11) is 1.56. The van der Waals surface area contributed by atoms with Crippen LogP contribution in [0.15, 0.2) is 30.0 Å². The second-order valence-electron chi connectivity index (χ2n) is 6.89. The van der Waals surface area contributed by atoms with E-state index < -0.39 is 41.2 Å². The number of carbonyl (C=O) groups is 1. The molecule has 1 fully saturated rings. The number of rotatable bonds is 6. The van der Waals surface area contributed by atoms with Crippen LogP contribution >= 0.6 is 0 Å². The molecule has 0 aliphatic heterocycles. The molecule has 0 bridgehead atoms. The highest BCUT2D eigenvalue weighted by Crippen LogP contribution is 2.27. The fraction of sp³-hybridized carbons (Fsp3) is 0.474. The molecular weight excluding hydrogens is 397 g/mol. The summed E-state index contributed by atoms with van der Waals surface area (Å²) in [6, 6.07) is 2.33. The molecule has 10 heteroatoms. The number of ether oxygens (including phenoxy) is 1. The predicted octanol–water partition coefficient (Wildman–Crippen LogP) is 3.68. The molecule has 2 rings (SSSR count). The molecule has 0 atom stereocenters. The Balaban J connectivity index is 2.28. The molecule has 0 unspecified atom stereocenters. The molecule has 1 amide bonds. The molecule has 160 valence electrons. The molecule has 0 aromatic heterocycles. The Morgan fingerprint density at radius 2 is 1.76 bits per heavy atom. The normalized spacial score (nSPS) is 20.4. The lowest BCUT2D eigenvalue weighted by Crippen LogP contribution is -2.45. The predicted molar refractivity (Wildman–Crippen MR) is 96.0 cm³/mol. The van der Waals surface area contributed by atoms with E-state index in [2.05, 4.69) is 0 Å². The monoisotopic (exact) mass is 419 g/mol. The molecule has 1 saturated carbocycles. The van der Waals surface area contributed by atoms with Gasteiger partial charge in [-0.15, -0.1) is 0 Å². The molecule has 1 aliphatic carbocycles. The van der Waals surface area contributed by atoms with E-state index >= 15 is 0 Å². The van der Waals surface area contributed by atoms with Crippen molar-refractivity contribution < 1.29 is 31.5 Å². The molecule has 0 spiro atoms. The Morgan fingerprint density at radius 3 is 2.24 bits per heavy atom. The molecule has 1 aliphatic rings. The van der Waals surface area contributed by atoms with Crippen molar-refractivity contribution in [1.29, 1.82) is 5.41 Å². The highest BCUT2D eigenvalue weighted by atomic mass is 19.4. The number of carbonyl (C=O) groups excluding carboxylic acids is 1. The number of benzene rings is 1. The van der Waals surface area contributed by atoms with Crippen LogP contribution in [0.5, 0.6) is 0 Å². The zero-order valence-electron chi connectivity index (χ0n) is 15.7. The fourth-order valence-corrected chi connectivity index (χ4v) is 3.31. The van der Waals surface area contributed by atoms with Crippen LogP contribution in [0.3, 0.4) is 0 Å². The molecule has 0 radical (unpaired) electrons. The van der Waals surface area contributed by atoms with E-state index in [1.807, 2.05) is 0 Å². The van der Waals surface area contributed by atoms with Crippen molar-refractivity contribution in [2.24, 2.45) is 5.73 Å². The van der Waals surface area contributed by atoms with E-state index in [-0.39, 0.29) is 24.3 Å². The van der Waals surface area contributed by atoms with Crippen molar-refractivity contribution in [3.63, 3.8) is 0 Å². The van der Waals surface area contributed by atoms with Crippen LogP contribution in [0, 0.1) is 17.0 Å². The summed E-state index contributed by atoms with van der Waals surface area (Å²) in [5.74, 6) is -2.68. The third-order valence-electron chi connectivity index (χ3n) is 4.81. The van der Waals surface area contributed by atoms with Gasteiger partial charge in [0.15, 0.2) is 0 Å². The minimum Gasteiger partial charge on any atom is -0.395 e. The van der Waals surface area contributed by atoms with Crippen molar-refractivity contribution in [2.75, 3.05) is 7.11 Å². The summed E-state index contributed by atoms with van der Waals surface area (Å²) in [5, 5.41) is 7.76. The maximum atomic E-state index is 13.5. The Morgan fingerprint density at radius 1 is 1.21 bits per heavy atom. The number of halogens is 5. The van der Waals surface area contributed by atoms with Crippen LogP contribution in [0.4, 0.5) is 22.0 Å². The fourth-order valence-electron chi connectivity index (χ4n) is 3.31. The lowest BCUT2D eigenvalue weighted by Gasteiger charge is -2.36. The van der Waals surface area contributed by atoms with Gasteiger partial charge in [-0.3, -0.25) is 10.2 Å². The van der Waals surface area contributed by atoms with Gasteiger partial charge in [0, 0.05) is 25.8 Å². The van der Waals surface area contributed by atoms with Gasteiger partial charge in [-0.25, -0.2) is 8.78 Å². The first-order chi connectivity index (χ1) is 13.5. The number of nitrogens with zero attached hydrogens (tertiary/aromatic N) is 1. The molecule has 5 nitrogen and oxygen atoms in total. The van der Waals surface area contributed by atoms with Gasteiger partial charge >= 0.3 is 6.18 Å². The molecular formula is C19H22F5N3O2. The minimum absolute atomic E-state index is 0.00459. The molecule has 1 aromatic carbocycles. The van der Waals surface area contributed by atoms with Crippen LogP contribution in [-0.2, 0) is 16.1 Å². The zero-order valence-corrected chi connectivity index (χ0v) is 15.7. The van der Waals surface area contributed by atoms with Crippen LogP contribution in [0.25, 0.3) is 0 Å². The molecule has 29 heavy (non-hydrogen) atoms. The number of amides is 1. The number of methoxy groups -OCH3 is 1. The average Bonchev–Trinajstić information content (AvgIpc) is 2.64. The first-order valence-corrected chi connectivity index (χ1v) is 8.93. The van der Waals surface area contributed by atoms with Crippen molar-refractivity contribution in [3.05, 3.63) is 47.2 Å². The number of allylic oxidation sites excluding steroid dienone is 1. The lowest BCUT2D eigenvalue weighted by molar-refractivity contribution is -0.128. The Labute approximate surface area is 164 Å². The Kier molecular flexibility index (Phi) is 7.34. The standard InChI is InChI=1S/C19H22F5N3O2/c1-29-15-4-2-14(3-5-15)27(10-11-6-12(20)8-13(21)7-11)18(28)16(25)9-17(26)19(22,23)24/h6-9,14-15,25H,2-5,10,26H2,1H3. The quantitative estimate of drug-likeness (QED) is 0.546. The van der Waals surface area contributed by atoms with Crippen molar-refractivity contribution >= 4 is 11.6 Å². The van der Waals surface area contributed by atoms with Crippen molar-refractivity contribution in [2.45, 2.75) is 50.6 Å². The largest absolute Gasteiger partial charge is 0.430 e. The van der Waals surface area contributed by atoms with Gasteiger partial charge in [0.2, 0.25) is 0 Å². The third-order valence-corrected chi connectivity index (χ3v) is 4.81. The zero-order chi connectivity index (χ0) is 21.8. The van der Waals surface area contributed by atoms with E-state index in [0.29, 0.717) is 31.7 Å². The summed E-state index contributed by atoms with van der Waals surface area (Å²) in [4.78, 5) is 13.9. The maximum absolute atomic E-state index is 13.5.